The van der Waals surface area contributed by atoms with E-state index in [1.165, 1.54) is 0 Å². The Hall–Kier alpha value is 0.580. The monoisotopic (exact) mass is 330 g/mol. The van der Waals surface area contributed by atoms with Crippen molar-refractivity contribution in [2.24, 2.45) is 11.5 Å². The maximum absolute atomic E-state index is 10.4. The third-order valence-electron chi connectivity index (χ3n) is 0.978. The van der Waals surface area contributed by atoms with E-state index in [1.54, 1.807) is 0 Å². The van der Waals surface area contributed by atoms with Crippen molar-refractivity contribution in [3.63, 3.8) is 0 Å². The van der Waals surface area contributed by atoms with E-state index in [4.69, 9.17) is 0 Å². The first-order chi connectivity index (χ1) is 5.14. The second kappa shape index (κ2) is 4.89. The van der Waals surface area contributed by atoms with Crippen molar-refractivity contribution in [1.29, 1.82) is 0 Å². The summed E-state index contributed by atoms with van der Waals surface area (Å²) in [6, 6.07) is 0. The standard InChI is InChI=1S/C3H5IN2O5S.Na/c4-3(1(5)7,2(6)8)12(9,10)11;/h(H2,5,7)(H2,6,8)(H,9,10,11);/q;+1/p-1. The summed E-state index contributed by atoms with van der Waals surface area (Å²) in [6.07, 6.45) is 0. The van der Waals surface area contributed by atoms with Crippen molar-refractivity contribution in [3.05, 3.63) is 0 Å². The van der Waals surface area contributed by atoms with Gasteiger partial charge in [-0.25, -0.2) is 8.42 Å². The Morgan fingerprint density at radius 2 is 1.46 bits per heavy atom. The number of alkyl halides is 1. The van der Waals surface area contributed by atoms with Gasteiger partial charge >= 0.3 is 29.6 Å². The van der Waals surface area contributed by atoms with Gasteiger partial charge in [0.15, 0.2) is 0 Å². The van der Waals surface area contributed by atoms with Gasteiger partial charge in [-0.1, -0.05) is 0 Å². The molecule has 0 rings (SSSR count). The van der Waals surface area contributed by atoms with Crippen LogP contribution in [0.25, 0.3) is 0 Å². The predicted octanol–water partition coefficient (Wildman–Crippen LogP) is -5.36. The fourth-order valence-electron chi connectivity index (χ4n) is 0.368. The summed E-state index contributed by atoms with van der Waals surface area (Å²) >= 11 is 0.812. The summed E-state index contributed by atoms with van der Waals surface area (Å²) in [7, 11) is -5.18. The van der Waals surface area contributed by atoms with E-state index in [-0.39, 0.29) is 29.6 Å². The van der Waals surface area contributed by atoms with Crippen LogP contribution in [0.5, 0.6) is 0 Å². The van der Waals surface area contributed by atoms with E-state index >= 15 is 0 Å². The molecule has 0 saturated carbocycles. The molecule has 0 fully saturated rings. The van der Waals surface area contributed by atoms with E-state index in [9.17, 15) is 22.6 Å². The molecule has 0 unspecified atom stereocenters. The van der Waals surface area contributed by atoms with Gasteiger partial charge in [-0.05, 0) is 22.6 Å². The minimum Gasteiger partial charge on any atom is -0.746 e. The molecule has 10 heteroatoms. The summed E-state index contributed by atoms with van der Waals surface area (Å²) in [5.74, 6) is -3.18. The fourth-order valence-corrected chi connectivity index (χ4v) is 0.861. The molecule has 0 atom stereocenters. The molecule has 4 N–H and O–H groups in total. The van der Waals surface area contributed by atoms with E-state index in [0.29, 0.717) is 0 Å². The third kappa shape index (κ3) is 3.02. The van der Waals surface area contributed by atoms with Gasteiger partial charge in [0.2, 0.25) is 0 Å². The van der Waals surface area contributed by atoms with E-state index in [1.807, 2.05) is 0 Å². The van der Waals surface area contributed by atoms with E-state index < -0.39 is 24.7 Å². The van der Waals surface area contributed by atoms with Gasteiger partial charge in [0.05, 0.1) is 0 Å². The van der Waals surface area contributed by atoms with Crippen LogP contribution >= 0.6 is 22.6 Å². The summed E-state index contributed by atoms with van der Waals surface area (Å²) in [5.41, 5.74) is 9.06. The Labute approximate surface area is 110 Å². The first-order valence-electron chi connectivity index (χ1n) is 2.38. The minimum atomic E-state index is -5.18. The SMILES string of the molecule is NC(=O)C(I)(C(N)=O)S(=O)(=O)[O-].[Na+]. The summed E-state index contributed by atoms with van der Waals surface area (Å²) in [5, 5.41) is 0. The van der Waals surface area contributed by atoms with Crippen LogP contribution in [0, 0.1) is 0 Å². The van der Waals surface area contributed by atoms with Crippen LogP contribution in [0.15, 0.2) is 0 Å². The average molecular weight is 330 g/mol. The molecule has 0 bridgehead atoms. The molecular formula is C3H4IN2NaO5S. The molecule has 0 aliphatic rings. The Bertz CT molecular complexity index is 313. The Morgan fingerprint density at radius 1 is 1.23 bits per heavy atom. The Morgan fingerprint density at radius 3 is 1.46 bits per heavy atom. The number of carbonyl (C=O) groups excluding carboxylic acids is 2. The van der Waals surface area contributed by atoms with Crippen molar-refractivity contribution >= 4 is 44.5 Å². The van der Waals surface area contributed by atoms with Crippen LogP contribution < -0.4 is 41.0 Å². The number of carbonyl (C=O) groups is 2. The first-order valence-corrected chi connectivity index (χ1v) is 4.87. The second-order valence-electron chi connectivity index (χ2n) is 1.78. The molecule has 0 aliphatic heterocycles. The van der Waals surface area contributed by atoms with E-state index in [2.05, 4.69) is 11.5 Å². The molecule has 13 heavy (non-hydrogen) atoms. The maximum atomic E-state index is 10.4. The molecule has 0 saturated heterocycles. The first kappa shape index (κ1) is 16.0. The van der Waals surface area contributed by atoms with Crippen molar-refractivity contribution in [3.8, 4) is 0 Å². The van der Waals surface area contributed by atoms with Gasteiger partial charge in [0.25, 0.3) is 14.6 Å². The smallest absolute Gasteiger partial charge is 0.746 e. The van der Waals surface area contributed by atoms with Crippen LogP contribution in [0.1, 0.15) is 0 Å². The molecule has 2 amide bonds. The fraction of sp³-hybridized carbons (Fsp3) is 0.333. The summed E-state index contributed by atoms with van der Waals surface area (Å²) in [6.45, 7) is 0. The number of primary amides is 2. The molecule has 0 radical (unpaired) electrons. The number of hydrogen-bond acceptors (Lipinski definition) is 5. The Kier molecular flexibility index (Phi) is 6.02. The van der Waals surface area contributed by atoms with Crippen LogP contribution in [-0.2, 0) is 19.7 Å². The quantitative estimate of drug-likeness (QED) is 0.175. The Balaban J connectivity index is 0. The molecule has 0 aromatic heterocycles. The molecule has 0 aromatic rings. The normalized spacial score (nSPS) is 11.5. The van der Waals surface area contributed by atoms with Crippen LogP contribution in [0.3, 0.4) is 0 Å². The second-order valence-corrected chi connectivity index (χ2v) is 5.65. The zero-order valence-electron chi connectivity index (χ0n) is 6.48. The molecular weight excluding hydrogens is 326 g/mol. The predicted molar refractivity (Wildman–Crippen MR) is 44.8 cm³/mol. The molecule has 7 nitrogen and oxygen atoms in total. The zero-order valence-corrected chi connectivity index (χ0v) is 11.5. The number of amides is 2. The number of halogens is 1. The van der Waals surface area contributed by atoms with Gasteiger partial charge in [0.1, 0.15) is 10.1 Å². The molecule has 0 heterocycles. The van der Waals surface area contributed by atoms with Gasteiger partial charge < -0.3 is 16.0 Å². The van der Waals surface area contributed by atoms with Gasteiger partial charge in [0, 0.05) is 0 Å². The van der Waals surface area contributed by atoms with Crippen LogP contribution in [0.4, 0.5) is 0 Å². The maximum Gasteiger partial charge on any atom is 1.00 e. The van der Waals surface area contributed by atoms with Crippen molar-refractivity contribution in [2.75, 3.05) is 0 Å². The number of rotatable bonds is 3. The third-order valence-corrected chi connectivity index (χ3v) is 4.75. The number of nitrogens with two attached hydrogens (primary N) is 2. The topological polar surface area (TPSA) is 143 Å². The van der Waals surface area contributed by atoms with Gasteiger partial charge in [-0.3, -0.25) is 9.59 Å². The largest absolute Gasteiger partial charge is 1.00 e. The van der Waals surface area contributed by atoms with Crippen molar-refractivity contribution in [2.45, 2.75) is 2.75 Å². The number of hydrogen-bond donors (Lipinski definition) is 2. The van der Waals surface area contributed by atoms with Crippen molar-refractivity contribution < 1.29 is 52.1 Å². The van der Waals surface area contributed by atoms with Crippen LogP contribution in [0.2, 0.25) is 0 Å². The van der Waals surface area contributed by atoms with Gasteiger partial charge in [-0.15, -0.1) is 0 Å². The summed E-state index contributed by atoms with van der Waals surface area (Å²) < 4.78 is 28.2. The summed E-state index contributed by atoms with van der Waals surface area (Å²) in [4.78, 5) is 20.9. The molecule has 70 valence electrons. The molecule has 0 aromatic carbocycles. The van der Waals surface area contributed by atoms with Crippen molar-refractivity contribution in [1.82, 2.24) is 0 Å². The van der Waals surface area contributed by atoms with E-state index in [0.717, 1.165) is 22.6 Å². The minimum absolute atomic E-state index is 0. The average Bonchev–Trinajstić information content (AvgIpc) is 1.82. The molecule has 0 aliphatic carbocycles. The molecule has 0 spiro atoms. The zero-order chi connectivity index (χ0) is 10.2. The van der Waals surface area contributed by atoms with Crippen LogP contribution in [-0.4, -0.2) is 27.5 Å². The van der Waals surface area contributed by atoms with Gasteiger partial charge in [-0.2, -0.15) is 0 Å².